The highest BCUT2D eigenvalue weighted by molar-refractivity contribution is 5.93. The third-order valence-corrected chi connectivity index (χ3v) is 2.87. The maximum absolute atomic E-state index is 7.42. The normalized spacial score (nSPS) is 10.6. The monoisotopic (exact) mass is 270 g/mol. The highest BCUT2D eigenvalue weighted by atomic mass is 16.5. The smallest absolute Gasteiger partial charge is 0.322 e. The second-order valence-corrected chi connectivity index (χ2v) is 4.92. The highest BCUT2D eigenvalue weighted by Gasteiger charge is 2.07. The van der Waals surface area contributed by atoms with Gasteiger partial charge in [-0.25, -0.2) is 4.98 Å². The van der Waals surface area contributed by atoms with E-state index in [9.17, 15) is 0 Å². The molecule has 5 heteroatoms. The summed E-state index contributed by atoms with van der Waals surface area (Å²) in [6.07, 6.45) is 0. The van der Waals surface area contributed by atoms with Gasteiger partial charge in [-0.1, -0.05) is 26.0 Å². The first kappa shape index (κ1) is 14.0. The Balaban J connectivity index is 2.23. The summed E-state index contributed by atoms with van der Waals surface area (Å²) in [6.45, 7) is 6.08. The number of nitrogens with zero attached hydrogens (tertiary/aromatic N) is 2. The van der Waals surface area contributed by atoms with Crippen molar-refractivity contribution in [3.8, 4) is 11.8 Å². The number of aryl methyl sites for hydroxylation is 1. The lowest BCUT2D eigenvalue weighted by Crippen LogP contribution is -2.14. The zero-order chi connectivity index (χ0) is 14.7. The SMILES string of the molecule is Cc1cc(C(=N)N)nc(Oc2ccc(C(C)C)cc2)n1. The molecule has 104 valence electrons. The molecule has 5 nitrogen and oxygen atoms in total. The number of aromatic nitrogens is 2. The fourth-order valence-corrected chi connectivity index (χ4v) is 1.75. The molecule has 2 rings (SSSR count). The molecule has 1 heterocycles. The standard InChI is InChI=1S/C15H18N4O/c1-9(2)11-4-6-12(7-5-11)20-15-18-10(3)8-13(19-15)14(16)17/h4-9H,1-3H3,(H3,16,17). The number of nitrogens with two attached hydrogens (primary N) is 1. The average Bonchev–Trinajstić information content (AvgIpc) is 2.38. The van der Waals surface area contributed by atoms with E-state index in [0.717, 1.165) is 0 Å². The lowest BCUT2D eigenvalue weighted by atomic mass is 10.0. The molecule has 1 aromatic carbocycles. The zero-order valence-corrected chi connectivity index (χ0v) is 11.8. The highest BCUT2D eigenvalue weighted by Crippen LogP contribution is 2.22. The van der Waals surface area contributed by atoms with Crippen LogP contribution in [0.25, 0.3) is 0 Å². The molecule has 2 aromatic rings. The Morgan fingerprint density at radius 3 is 2.40 bits per heavy atom. The Bertz CT molecular complexity index is 620. The van der Waals surface area contributed by atoms with Crippen molar-refractivity contribution in [2.45, 2.75) is 26.7 Å². The molecule has 1 aromatic heterocycles. The van der Waals surface area contributed by atoms with Crippen LogP contribution in [0.2, 0.25) is 0 Å². The van der Waals surface area contributed by atoms with Crippen LogP contribution in [0, 0.1) is 12.3 Å². The quantitative estimate of drug-likeness (QED) is 0.660. The summed E-state index contributed by atoms with van der Waals surface area (Å²) in [5.41, 5.74) is 7.75. The molecule has 0 aliphatic rings. The fraction of sp³-hybridized carbons (Fsp3) is 0.267. The molecular formula is C15H18N4O. The van der Waals surface area contributed by atoms with Gasteiger partial charge in [0.05, 0.1) is 0 Å². The molecule has 0 aliphatic carbocycles. The molecular weight excluding hydrogens is 252 g/mol. The molecule has 0 spiro atoms. The van der Waals surface area contributed by atoms with E-state index in [1.54, 1.807) is 6.07 Å². The summed E-state index contributed by atoms with van der Waals surface area (Å²) in [5, 5.41) is 7.42. The van der Waals surface area contributed by atoms with Crippen molar-refractivity contribution in [1.82, 2.24) is 9.97 Å². The minimum atomic E-state index is -0.101. The van der Waals surface area contributed by atoms with Crippen LogP contribution in [-0.2, 0) is 0 Å². The number of nitrogens with one attached hydrogen (secondary N) is 1. The van der Waals surface area contributed by atoms with Gasteiger partial charge in [-0.3, -0.25) is 5.41 Å². The molecule has 3 N–H and O–H groups in total. The van der Waals surface area contributed by atoms with Gasteiger partial charge in [0.2, 0.25) is 0 Å². The molecule has 0 radical (unpaired) electrons. The number of hydrogen-bond donors (Lipinski definition) is 2. The number of hydrogen-bond acceptors (Lipinski definition) is 4. The maximum atomic E-state index is 7.42. The molecule has 0 amide bonds. The minimum Gasteiger partial charge on any atom is -0.424 e. The summed E-state index contributed by atoms with van der Waals surface area (Å²) in [7, 11) is 0. The zero-order valence-electron chi connectivity index (χ0n) is 11.8. The van der Waals surface area contributed by atoms with Crippen LogP contribution < -0.4 is 10.5 Å². The third-order valence-electron chi connectivity index (χ3n) is 2.87. The van der Waals surface area contributed by atoms with Gasteiger partial charge in [0.25, 0.3) is 0 Å². The summed E-state index contributed by atoms with van der Waals surface area (Å²) in [5.74, 6) is 1.04. The van der Waals surface area contributed by atoms with Crippen molar-refractivity contribution in [2.24, 2.45) is 5.73 Å². The predicted molar refractivity (Wildman–Crippen MR) is 78.4 cm³/mol. The van der Waals surface area contributed by atoms with Gasteiger partial charge in [-0.15, -0.1) is 0 Å². The molecule has 0 atom stereocenters. The molecule has 0 saturated carbocycles. The largest absolute Gasteiger partial charge is 0.424 e. The van der Waals surface area contributed by atoms with Crippen LogP contribution in [-0.4, -0.2) is 15.8 Å². The van der Waals surface area contributed by atoms with Crippen LogP contribution in [0.4, 0.5) is 0 Å². The van der Waals surface area contributed by atoms with Crippen molar-refractivity contribution in [3.05, 3.63) is 47.3 Å². The van der Waals surface area contributed by atoms with E-state index in [-0.39, 0.29) is 11.8 Å². The van der Waals surface area contributed by atoms with E-state index in [2.05, 4.69) is 23.8 Å². The van der Waals surface area contributed by atoms with Gasteiger partial charge < -0.3 is 10.5 Å². The first-order valence-electron chi connectivity index (χ1n) is 6.43. The summed E-state index contributed by atoms with van der Waals surface area (Å²) < 4.78 is 5.61. The van der Waals surface area contributed by atoms with Crippen LogP contribution >= 0.6 is 0 Å². The van der Waals surface area contributed by atoms with Gasteiger partial charge in [0, 0.05) is 5.69 Å². The van der Waals surface area contributed by atoms with Gasteiger partial charge in [-0.2, -0.15) is 4.98 Å². The Hall–Kier alpha value is -2.43. The summed E-state index contributed by atoms with van der Waals surface area (Å²) in [6, 6.07) is 9.65. The fourth-order valence-electron chi connectivity index (χ4n) is 1.75. The van der Waals surface area contributed by atoms with E-state index in [4.69, 9.17) is 15.9 Å². The number of rotatable bonds is 4. The van der Waals surface area contributed by atoms with E-state index < -0.39 is 0 Å². The number of nitrogen functional groups attached to an aromatic ring is 1. The average molecular weight is 270 g/mol. The first-order valence-corrected chi connectivity index (χ1v) is 6.43. The summed E-state index contributed by atoms with van der Waals surface area (Å²) >= 11 is 0. The molecule has 0 aliphatic heterocycles. The van der Waals surface area contributed by atoms with Crippen LogP contribution in [0.3, 0.4) is 0 Å². The van der Waals surface area contributed by atoms with E-state index in [1.807, 2.05) is 31.2 Å². The molecule has 0 bridgehead atoms. The minimum absolute atomic E-state index is 0.101. The van der Waals surface area contributed by atoms with Crippen molar-refractivity contribution < 1.29 is 4.74 Å². The van der Waals surface area contributed by atoms with Gasteiger partial charge in [-0.05, 0) is 36.6 Å². The molecule has 0 unspecified atom stereocenters. The Morgan fingerprint density at radius 2 is 1.85 bits per heavy atom. The van der Waals surface area contributed by atoms with Gasteiger partial charge >= 0.3 is 6.01 Å². The van der Waals surface area contributed by atoms with Crippen LogP contribution in [0.15, 0.2) is 30.3 Å². The number of benzene rings is 1. The van der Waals surface area contributed by atoms with Crippen LogP contribution in [0.5, 0.6) is 11.8 Å². The van der Waals surface area contributed by atoms with Gasteiger partial charge in [0.1, 0.15) is 17.3 Å². The lowest BCUT2D eigenvalue weighted by molar-refractivity contribution is 0.439. The second kappa shape index (κ2) is 5.69. The van der Waals surface area contributed by atoms with E-state index >= 15 is 0 Å². The Kier molecular flexibility index (Phi) is 3.98. The Labute approximate surface area is 118 Å². The number of amidine groups is 1. The predicted octanol–water partition coefficient (Wildman–Crippen LogP) is 2.98. The van der Waals surface area contributed by atoms with Gasteiger partial charge in [0.15, 0.2) is 0 Å². The summed E-state index contributed by atoms with van der Waals surface area (Å²) in [4.78, 5) is 8.29. The first-order chi connectivity index (χ1) is 9.45. The van der Waals surface area contributed by atoms with Crippen molar-refractivity contribution in [1.29, 1.82) is 5.41 Å². The Morgan fingerprint density at radius 1 is 1.20 bits per heavy atom. The topological polar surface area (TPSA) is 84.9 Å². The molecule has 20 heavy (non-hydrogen) atoms. The van der Waals surface area contributed by atoms with Crippen molar-refractivity contribution >= 4 is 5.84 Å². The molecule has 0 fully saturated rings. The maximum Gasteiger partial charge on any atom is 0.322 e. The van der Waals surface area contributed by atoms with Crippen molar-refractivity contribution in [2.75, 3.05) is 0 Å². The van der Waals surface area contributed by atoms with E-state index in [1.165, 1.54) is 5.56 Å². The van der Waals surface area contributed by atoms with Crippen molar-refractivity contribution in [3.63, 3.8) is 0 Å². The van der Waals surface area contributed by atoms with E-state index in [0.29, 0.717) is 23.1 Å². The second-order valence-electron chi connectivity index (χ2n) is 4.92. The number of ether oxygens (including phenoxy) is 1. The lowest BCUT2D eigenvalue weighted by Gasteiger charge is -2.08. The third kappa shape index (κ3) is 3.32. The van der Waals surface area contributed by atoms with Crippen LogP contribution in [0.1, 0.15) is 36.7 Å². The molecule has 0 saturated heterocycles.